The van der Waals surface area contributed by atoms with Gasteiger partial charge in [0.05, 0.1) is 24.7 Å². The Kier molecular flexibility index (Phi) is 8.78. The van der Waals surface area contributed by atoms with E-state index in [0.29, 0.717) is 22.6 Å². The molecule has 0 spiro atoms. The largest absolute Gasteiger partial charge is 0.493 e. The van der Waals surface area contributed by atoms with Gasteiger partial charge in [-0.25, -0.2) is 9.82 Å². The Labute approximate surface area is 261 Å². The van der Waals surface area contributed by atoms with Crippen molar-refractivity contribution in [2.75, 3.05) is 7.11 Å². The van der Waals surface area contributed by atoms with Crippen LogP contribution in [0.3, 0.4) is 0 Å². The molecule has 6 rings (SSSR count). The topological polar surface area (TPSA) is 64.8 Å². The van der Waals surface area contributed by atoms with Crippen molar-refractivity contribution in [3.8, 4) is 39.7 Å². The van der Waals surface area contributed by atoms with E-state index in [0.717, 1.165) is 33.8 Å². The Bertz CT molecular complexity index is 1860. The van der Waals surface area contributed by atoms with Crippen molar-refractivity contribution in [2.24, 2.45) is 5.10 Å². The predicted molar refractivity (Wildman–Crippen MR) is 175 cm³/mol. The Morgan fingerprint density at radius 2 is 1.38 bits per heavy atom. The molecule has 6 nitrogen and oxygen atoms in total. The average Bonchev–Trinajstić information content (AvgIpc) is 3.54. The first-order chi connectivity index (χ1) is 22.1. The van der Waals surface area contributed by atoms with Crippen LogP contribution >= 0.6 is 0 Å². The lowest BCUT2D eigenvalue weighted by molar-refractivity contribution is 0.0955. The van der Waals surface area contributed by atoms with Crippen molar-refractivity contribution in [2.45, 2.75) is 6.61 Å². The molecule has 0 atom stereocenters. The Hall–Kier alpha value is -5.95. The second-order valence-electron chi connectivity index (χ2n) is 10.2. The van der Waals surface area contributed by atoms with Crippen LogP contribution in [-0.2, 0) is 6.61 Å². The van der Waals surface area contributed by atoms with Crippen LogP contribution in [-0.4, -0.2) is 23.8 Å². The summed E-state index contributed by atoms with van der Waals surface area (Å²) in [5.74, 6) is 0.424. The maximum Gasteiger partial charge on any atom is 0.271 e. The van der Waals surface area contributed by atoms with Crippen molar-refractivity contribution in [1.82, 2.24) is 9.99 Å². The predicted octanol–water partition coefficient (Wildman–Crippen LogP) is 8.30. The summed E-state index contributed by atoms with van der Waals surface area (Å²) in [5.41, 5.74) is 9.87. The molecule has 0 fully saturated rings. The zero-order valence-corrected chi connectivity index (χ0v) is 24.6. The van der Waals surface area contributed by atoms with Gasteiger partial charge < -0.3 is 14.0 Å². The molecule has 0 unspecified atom stereocenters. The van der Waals surface area contributed by atoms with Crippen LogP contribution in [0.4, 0.5) is 4.39 Å². The van der Waals surface area contributed by atoms with Crippen LogP contribution in [0, 0.1) is 5.82 Å². The molecule has 0 saturated heterocycles. The Morgan fingerprint density at radius 3 is 1.98 bits per heavy atom. The molecular weight excluding hydrogens is 565 g/mol. The number of hydrogen-bond donors (Lipinski definition) is 1. The highest BCUT2D eigenvalue weighted by Crippen LogP contribution is 2.32. The van der Waals surface area contributed by atoms with E-state index in [1.54, 1.807) is 49.6 Å². The number of ether oxygens (including phenoxy) is 2. The van der Waals surface area contributed by atoms with Crippen LogP contribution in [0.15, 0.2) is 145 Å². The van der Waals surface area contributed by atoms with Gasteiger partial charge in [-0.3, -0.25) is 4.79 Å². The average molecular weight is 596 g/mol. The monoisotopic (exact) mass is 595 g/mol. The number of hydrazone groups is 1. The third-order valence-corrected chi connectivity index (χ3v) is 7.28. The van der Waals surface area contributed by atoms with Gasteiger partial charge in [0.15, 0.2) is 11.5 Å². The molecule has 5 aromatic carbocycles. The summed E-state index contributed by atoms with van der Waals surface area (Å²) < 4.78 is 26.7. The molecule has 0 aliphatic rings. The van der Waals surface area contributed by atoms with E-state index in [1.165, 1.54) is 18.3 Å². The number of rotatable bonds is 10. The smallest absolute Gasteiger partial charge is 0.271 e. The van der Waals surface area contributed by atoms with Crippen LogP contribution in [0.25, 0.3) is 28.2 Å². The maximum absolute atomic E-state index is 13.2. The van der Waals surface area contributed by atoms with Crippen LogP contribution in [0.1, 0.15) is 21.5 Å². The summed E-state index contributed by atoms with van der Waals surface area (Å²) in [6.45, 7) is 0.268. The molecule has 1 N–H and O–H groups in total. The quantitative estimate of drug-likeness (QED) is 0.128. The highest BCUT2D eigenvalue weighted by molar-refractivity contribution is 5.95. The molecule has 0 radical (unpaired) electrons. The molecule has 1 aromatic heterocycles. The van der Waals surface area contributed by atoms with Gasteiger partial charge in [-0.1, -0.05) is 72.8 Å². The third-order valence-electron chi connectivity index (χ3n) is 7.28. The van der Waals surface area contributed by atoms with Crippen LogP contribution < -0.4 is 14.9 Å². The zero-order valence-electron chi connectivity index (χ0n) is 24.6. The van der Waals surface area contributed by atoms with Crippen molar-refractivity contribution < 1.29 is 18.7 Å². The van der Waals surface area contributed by atoms with Crippen LogP contribution in [0.2, 0.25) is 0 Å². The van der Waals surface area contributed by atoms with Crippen molar-refractivity contribution in [3.05, 3.63) is 162 Å². The van der Waals surface area contributed by atoms with E-state index in [4.69, 9.17) is 9.47 Å². The lowest BCUT2D eigenvalue weighted by Crippen LogP contribution is -2.17. The SMILES string of the molecule is COc1cc(/C=N\NC(=O)c2ccc(-n3c(-c4ccccc4)ccc3-c3ccccc3)cc2)ccc1OCc1ccc(F)cc1. The Balaban J connectivity index is 1.15. The zero-order chi connectivity index (χ0) is 31.0. The molecule has 0 aliphatic carbocycles. The minimum atomic E-state index is -0.330. The molecule has 1 heterocycles. The highest BCUT2D eigenvalue weighted by Gasteiger charge is 2.14. The summed E-state index contributed by atoms with van der Waals surface area (Å²) in [6.07, 6.45) is 1.54. The molecule has 1 amide bonds. The van der Waals surface area contributed by atoms with Gasteiger partial charge in [-0.15, -0.1) is 0 Å². The minimum absolute atomic E-state index is 0.268. The van der Waals surface area contributed by atoms with Gasteiger partial charge in [-0.2, -0.15) is 5.10 Å². The first-order valence-electron chi connectivity index (χ1n) is 14.4. The van der Waals surface area contributed by atoms with Crippen molar-refractivity contribution in [3.63, 3.8) is 0 Å². The number of carbonyl (C=O) groups is 1. The van der Waals surface area contributed by atoms with Gasteiger partial charge in [0, 0.05) is 11.3 Å². The normalized spacial score (nSPS) is 11.0. The van der Waals surface area contributed by atoms with E-state index in [2.05, 4.69) is 51.5 Å². The van der Waals surface area contributed by atoms with Crippen molar-refractivity contribution >= 4 is 12.1 Å². The number of methoxy groups -OCH3 is 1. The fraction of sp³-hybridized carbons (Fsp3) is 0.0526. The van der Waals surface area contributed by atoms with Gasteiger partial charge >= 0.3 is 0 Å². The first kappa shape index (κ1) is 29.1. The second-order valence-corrected chi connectivity index (χ2v) is 10.2. The van der Waals surface area contributed by atoms with Gasteiger partial charge in [0.1, 0.15) is 12.4 Å². The molecule has 222 valence electrons. The number of aromatic nitrogens is 1. The molecular formula is C38H30FN3O3. The van der Waals surface area contributed by atoms with Crippen LogP contribution in [0.5, 0.6) is 11.5 Å². The lowest BCUT2D eigenvalue weighted by Gasteiger charge is -2.15. The van der Waals surface area contributed by atoms with E-state index < -0.39 is 0 Å². The summed E-state index contributed by atoms with van der Waals surface area (Å²) in [7, 11) is 1.55. The third kappa shape index (κ3) is 6.84. The second kappa shape index (κ2) is 13.6. The molecule has 45 heavy (non-hydrogen) atoms. The molecule has 6 aromatic rings. The van der Waals surface area contributed by atoms with Gasteiger partial charge in [0.25, 0.3) is 5.91 Å². The van der Waals surface area contributed by atoms with Gasteiger partial charge in [-0.05, 0) is 89.0 Å². The van der Waals surface area contributed by atoms with E-state index in [-0.39, 0.29) is 18.3 Å². The summed E-state index contributed by atoms with van der Waals surface area (Å²) >= 11 is 0. The minimum Gasteiger partial charge on any atom is -0.493 e. The molecule has 7 heteroatoms. The van der Waals surface area contributed by atoms with E-state index in [9.17, 15) is 9.18 Å². The summed E-state index contributed by atoms with van der Waals surface area (Å²) in [6, 6.07) is 43.6. The fourth-order valence-corrected chi connectivity index (χ4v) is 5.00. The lowest BCUT2D eigenvalue weighted by atomic mass is 10.1. The summed E-state index contributed by atoms with van der Waals surface area (Å²) in [5, 5.41) is 4.14. The molecule has 0 saturated carbocycles. The number of halogens is 1. The maximum atomic E-state index is 13.2. The first-order valence-corrected chi connectivity index (χ1v) is 14.4. The standard InChI is InChI=1S/C38H30FN3O3/c1-44-37-24-28(14-23-36(37)45-26-27-12-17-32(39)18-13-27)25-40-41-38(43)31-15-19-33(20-16-31)42-34(29-8-4-2-5-9-29)21-22-35(42)30-10-6-3-7-11-30/h2-25H,26H2,1H3,(H,41,43)/b40-25-. The summed E-state index contributed by atoms with van der Waals surface area (Å²) in [4.78, 5) is 12.9. The number of benzene rings is 5. The number of carbonyl (C=O) groups excluding carboxylic acids is 1. The van der Waals surface area contributed by atoms with E-state index >= 15 is 0 Å². The Morgan fingerprint density at radius 1 is 0.756 bits per heavy atom. The van der Waals surface area contributed by atoms with Gasteiger partial charge in [0.2, 0.25) is 0 Å². The number of nitrogens with zero attached hydrogens (tertiary/aromatic N) is 2. The fourth-order valence-electron chi connectivity index (χ4n) is 5.00. The molecule has 0 bridgehead atoms. The molecule has 0 aliphatic heterocycles. The number of amides is 1. The number of hydrogen-bond acceptors (Lipinski definition) is 4. The number of nitrogens with one attached hydrogen (secondary N) is 1. The van der Waals surface area contributed by atoms with Crippen molar-refractivity contribution in [1.29, 1.82) is 0 Å². The highest BCUT2D eigenvalue weighted by atomic mass is 19.1. The van der Waals surface area contributed by atoms with E-state index in [1.807, 2.05) is 48.5 Å².